The standard InChI is InChI=1S/4C17H21NO/c4*1-14-8-6-7-11-16(14)19-17(12-13-18-2)15-9-4-3-5-10-15/h4*3-11,17-18H,12-13H2,1-2H3/i1D3,2D3,12D2,13D2;1D3,2D3,13D2;1D3,2D3,12D2;1D3,2D3. The molecule has 0 saturated heterocycles. The Hall–Kier alpha value is -7.20. The van der Waals surface area contributed by atoms with Crippen LogP contribution in [-0.4, -0.2) is 54.0 Å². The highest BCUT2D eigenvalue weighted by Crippen LogP contribution is 2.30. The van der Waals surface area contributed by atoms with E-state index in [4.69, 9.17) is 62.8 Å². The third kappa shape index (κ3) is 21.2. The molecule has 0 aromatic heterocycles. The second kappa shape index (κ2) is 35.1. The summed E-state index contributed by atoms with van der Waals surface area (Å²) in [6, 6.07) is 58.7. The SMILES string of the molecule is [2H]C([2H])([2H])NC([2H])([2H])C([2H])([2H])C(Oc1ccccc1C([2H])([2H])[2H])c1ccccc1.[2H]C([2H])([2H])NC([2H])([2H])CC(Oc1ccccc1C([2H])([2H])[2H])c1ccccc1.[2H]C([2H])([2H])NCC([2H])([2H])C(Oc1ccccc1C([2H])([2H])[2H])c1ccccc1.[2H]C([2H])([2H])NCCC(Oc1ccccc1C([2H])([2H])[2H])c1ccccc1. The second-order valence-electron chi connectivity index (χ2n) is 16.0. The molecule has 0 aliphatic rings. The quantitative estimate of drug-likeness (QED) is 0.0476. The number of aryl methyl sites for hydroxylation is 4. The Morgan fingerprint density at radius 1 is 0.316 bits per heavy atom. The minimum Gasteiger partial charge on any atom is -0.485 e. The topological polar surface area (TPSA) is 85.0 Å². The third-order valence-electron chi connectivity index (χ3n) is 10.7. The molecule has 0 radical (unpaired) electrons. The van der Waals surface area contributed by atoms with Crippen molar-refractivity contribution < 1.29 is 62.8 Å². The zero-order chi connectivity index (χ0) is 81.2. The molecule has 76 heavy (non-hydrogen) atoms. The molecule has 4 unspecified atom stereocenters. The summed E-state index contributed by atoms with van der Waals surface area (Å²) in [7, 11) is 0. The predicted octanol–water partition coefficient (Wildman–Crippen LogP) is 14.9. The zero-order valence-corrected chi connectivity index (χ0v) is 41.6. The summed E-state index contributed by atoms with van der Waals surface area (Å²) in [4.78, 5) is 0. The number of rotatable bonds is 24. The van der Waals surface area contributed by atoms with E-state index >= 15 is 0 Å². The van der Waals surface area contributed by atoms with Crippen molar-refractivity contribution in [2.45, 2.75) is 77.4 Å². The molecule has 8 heteroatoms. The number of para-hydroxylation sites is 4. The van der Waals surface area contributed by atoms with Gasteiger partial charge in [-0.2, -0.15) is 0 Å². The molecule has 4 atom stereocenters. The van der Waals surface area contributed by atoms with Gasteiger partial charge in [0.2, 0.25) is 0 Å². The highest BCUT2D eigenvalue weighted by Gasteiger charge is 2.17. The van der Waals surface area contributed by atoms with Crippen molar-refractivity contribution >= 4 is 0 Å². The average molecular weight is 1050 g/mol. The molecule has 0 amide bonds. The average Bonchev–Trinajstić information content (AvgIpc) is 0.769. The van der Waals surface area contributed by atoms with E-state index in [1.54, 1.807) is 127 Å². The van der Waals surface area contributed by atoms with Gasteiger partial charge >= 0.3 is 0 Å². The van der Waals surface area contributed by atoms with Crippen LogP contribution in [0.4, 0.5) is 0 Å². The van der Waals surface area contributed by atoms with Crippen LogP contribution in [0.1, 0.15) is 138 Å². The summed E-state index contributed by atoms with van der Waals surface area (Å²) >= 11 is 0. The van der Waals surface area contributed by atoms with Crippen LogP contribution in [0.3, 0.4) is 0 Å². The van der Waals surface area contributed by atoms with Crippen LogP contribution in [0.25, 0.3) is 0 Å². The van der Waals surface area contributed by atoms with E-state index in [-0.39, 0.29) is 63.8 Å². The first-order chi connectivity index (χ1) is 49.6. The molecule has 0 heterocycles. The summed E-state index contributed by atoms with van der Waals surface area (Å²) in [5.74, 6) is 0.278. The maximum atomic E-state index is 8.39. The van der Waals surface area contributed by atoms with Crippen molar-refractivity contribution in [2.24, 2.45) is 0 Å². The summed E-state index contributed by atoms with van der Waals surface area (Å²) in [6.45, 7) is -25.6. The van der Waals surface area contributed by atoms with Gasteiger partial charge in [0.1, 0.15) is 47.4 Å². The highest BCUT2D eigenvalue weighted by molar-refractivity contribution is 5.36. The first-order valence-corrected chi connectivity index (χ1v) is 23.9. The van der Waals surface area contributed by atoms with Crippen LogP contribution < -0.4 is 40.2 Å². The Balaban J connectivity index is 0.000000258. The van der Waals surface area contributed by atoms with Crippen LogP contribution >= 0.6 is 0 Å². The molecule has 0 bridgehead atoms. The van der Waals surface area contributed by atoms with E-state index in [9.17, 15) is 0 Å². The summed E-state index contributed by atoms with van der Waals surface area (Å²) in [6.07, 6.45) is -9.17. The number of hydrogen-bond donors (Lipinski definition) is 4. The van der Waals surface area contributed by atoms with Crippen molar-refractivity contribution in [3.05, 3.63) is 263 Å². The lowest BCUT2D eigenvalue weighted by Gasteiger charge is -2.20. The molecule has 0 saturated carbocycles. The Kier molecular flexibility index (Phi) is 13.3. The molecule has 8 aromatic rings. The van der Waals surface area contributed by atoms with Crippen molar-refractivity contribution in [1.82, 2.24) is 21.3 Å². The Bertz CT molecular complexity index is 4000. The van der Waals surface area contributed by atoms with Gasteiger partial charge in [-0.05, 0) is 150 Å². The Morgan fingerprint density at radius 2 is 0.618 bits per heavy atom. The minimum absolute atomic E-state index is 0.00951. The second-order valence-corrected chi connectivity index (χ2v) is 16.0. The van der Waals surface area contributed by atoms with Crippen LogP contribution in [0.2, 0.25) is 0 Å². The molecular weight excluding hydrogens is 937 g/mol. The van der Waals surface area contributed by atoms with Crippen LogP contribution in [0, 0.1) is 27.4 Å². The fraction of sp³-hybridized carbons (Fsp3) is 0.294. The van der Waals surface area contributed by atoms with Gasteiger partial charge in [-0.1, -0.05) is 194 Å². The highest BCUT2D eigenvalue weighted by atomic mass is 16.5. The molecule has 0 aliphatic carbocycles. The first kappa shape index (κ1) is 28.8. The molecule has 8 rings (SSSR count). The van der Waals surface area contributed by atoms with E-state index in [1.807, 2.05) is 35.6 Å². The molecule has 0 fully saturated rings. The van der Waals surface area contributed by atoms with Gasteiger partial charge in [-0.3, -0.25) is 0 Å². The van der Waals surface area contributed by atoms with Crippen molar-refractivity contribution in [1.29, 1.82) is 0 Å². The lowest BCUT2D eigenvalue weighted by Crippen LogP contribution is -2.16. The van der Waals surface area contributed by atoms with E-state index in [0.29, 0.717) is 17.5 Å². The smallest absolute Gasteiger partial charge is 0.125 e. The van der Waals surface area contributed by atoms with Crippen molar-refractivity contribution in [3.63, 3.8) is 0 Å². The van der Waals surface area contributed by atoms with Crippen LogP contribution in [0.15, 0.2) is 218 Å². The summed E-state index contributed by atoms with van der Waals surface area (Å²) in [5.41, 5.74) is 2.09. The molecule has 0 spiro atoms. The summed E-state index contributed by atoms with van der Waals surface area (Å²) < 4.78 is 268. The Labute approximate surface area is 501 Å². The normalized spacial score (nSPS) is 20.4. The largest absolute Gasteiger partial charge is 0.485 e. The molecule has 8 nitrogen and oxygen atoms in total. The monoisotopic (exact) mass is 1050 g/mol. The fourth-order valence-corrected chi connectivity index (χ4v) is 6.95. The van der Waals surface area contributed by atoms with Gasteiger partial charge in [-0.15, -0.1) is 0 Å². The van der Waals surface area contributed by atoms with Crippen LogP contribution in [0.5, 0.6) is 23.0 Å². The van der Waals surface area contributed by atoms with E-state index < -0.39 is 112 Å². The van der Waals surface area contributed by atoms with Crippen molar-refractivity contribution in [3.8, 4) is 23.0 Å². The molecule has 8 aromatic carbocycles. The minimum atomic E-state index is -3.03. The molecule has 4 N–H and O–H groups in total. The van der Waals surface area contributed by atoms with E-state index in [0.717, 1.165) is 5.56 Å². The lowest BCUT2D eigenvalue weighted by molar-refractivity contribution is 0.193. The van der Waals surface area contributed by atoms with E-state index in [2.05, 4.69) is 10.6 Å². The maximum Gasteiger partial charge on any atom is 0.125 e. The number of nitrogens with one attached hydrogen (secondary N) is 4. The Morgan fingerprint density at radius 3 is 1.00 bits per heavy atom. The molecule has 0 aliphatic heterocycles. The zero-order valence-electron chi connectivity index (χ0n) is 73.6. The lowest BCUT2D eigenvalue weighted by atomic mass is 10.1. The number of ether oxygens (including phenoxy) is 4. The fourth-order valence-electron chi connectivity index (χ4n) is 6.95. The first-order valence-electron chi connectivity index (χ1n) is 39.9. The van der Waals surface area contributed by atoms with Gasteiger partial charge in [0, 0.05) is 69.5 Å². The van der Waals surface area contributed by atoms with Gasteiger partial charge in [0.15, 0.2) is 0 Å². The third-order valence-corrected chi connectivity index (χ3v) is 10.7. The molecular formula is C68H84N4O4. The van der Waals surface area contributed by atoms with Gasteiger partial charge in [0.05, 0.1) is 0 Å². The van der Waals surface area contributed by atoms with Gasteiger partial charge in [-0.25, -0.2) is 0 Å². The summed E-state index contributed by atoms with van der Waals surface area (Å²) in [5, 5.41) is 8.29. The maximum absolute atomic E-state index is 8.39. The van der Waals surface area contributed by atoms with Gasteiger partial charge < -0.3 is 40.2 Å². The predicted molar refractivity (Wildman–Crippen MR) is 318 cm³/mol. The van der Waals surface area contributed by atoms with Gasteiger partial charge in [0.25, 0.3) is 0 Å². The molecule has 400 valence electrons. The van der Waals surface area contributed by atoms with Crippen molar-refractivity contribution in [2.75, 3.05) is 54.0 Å². The van der Waals surface area contributed by atoms with E-state index in [1.165, 1.54) is 66.7 Å². The number of benzene rings is 8. The van der Waals surface area contributed by atoms with Crippen LogP contribution in [-0.2, 0) is 0 Å². The number of hydrogen-bond acceptors (Lipinski definition) is 8.